The first-order valence-corrected chi connectivity index (χ1v) is 10.7. The van der Waals surface area contributed by atoms with Gasteiger partial charge in [-0.05, 0) is 36.0 Å². The van der Waals surface area contributed by atoms with E-state index in [4.69, 9.17) is 0 Å². The van der Waals surface area contributed by atoms with E-state index in [-0.39, 0.29) is 11.8 Å². The summed E-state index contributed by atoms with van der Waals surface area (Å²) < 4.78 is 25.2. The van der Waals surface area contributed by atoms with Crippen molar-refractivity contribution < 1.29 is 13.2 Å². The van der Waals surface area contributed by atoms with Crippen molar-refractivity contribution in [1.82, 2.24) is 9.62 Å². The fourth-order valence-corrected chi connectivity index (χ4v) is 3.93. The summed E-state index contributed by atoms with van der Waals surface area (Å²) in [5.74, 6) is 0.153. The lowest BCUT2D eigenvalue weighted by Gasteiger charge is -2.33. The Balaban J connectivity index is 1.77. The van der Waals surface area contributed by atoms with Crippen LogP contribution in [0.25, 0.3) is 11.1 Å². The van der Waals surface area contributed by atoms with Gasteiger partial charge in [0.25, 0.3) is 5.91 Å². The van der Waals surface area contributed by atoms with Crippen LogP contribution < -0.4 is 4.72 Å². The summed E-state index contributed by atoms with van der Waals surface area (Å²) in [5.41, 5.74) is 2.63. The molecule has 1 unspecified atom stereocenters. The summed E-state index contributed by atoms with van der Waals surface area (Å²) in [6.45, 7) is 1.66. The van der Waals surface area contributed by atoms with E-state index in [9.17, 15) is 13.2 Å². The zero-order valence-corrected chi connectivity index (χ0v) is 15.7. The van der Waals surface area contributed by atoms with Gasteiger partial charge in [-0.25, -0.2) is 13.1 Å². The second-order valence-electron chi connectivity index (χ2n) is 6.79. The lowest BCUT2D eigenvalue weighted by molar-refractivity contribution is 0.0677. The van der Waals surface area contributed by atoms with E-state index in [2.05, 4.69) is 4.72 Å². The lowest BCUT2D eigenvalue weighted by atomic mass is 9.95. The highest BCUT2D eigenvalue weighted by atomic mass is 32.2. The Morgan fingerprint density at radius 3 is 2.54 bits per heavy atom. The van der Waals surface area contributed by atoms with Crippen LogP contribution in [0.5, 0.6) is 0 Å². The monoisotopic (exact) mass is 372 g/mol. The van der Waals surface area contributed by atoms with Crippen molar-refractivity contribution in [3.8, 4) is 11.1 Å². The van der Waals surface area contributed by atoms with Crippen LogP contribution in [0.1, 0.15) is 23.2 Å². The molecule has 1 fully saturated rings. The molecule has 0 saturated carbocycles. The number of likely N-dealkylation sites (tertiary alicyclic amines) is 1. The predicted molar refractivity (Wildman–Crippen MR) is 103 cm³/mol. The smallest absolute Gasteiger partial charge is 0.254 e. The number of nitrogens with zero attached hydrogens (tertiary/aromatic N) is 1. The number of piperidine rings is 1. The largest absolute Gasteiger partial charge is 0.338 e. The fraction of sp³-hybridized carbons (Fsp3) is 0.350. The summed E-state index contributed by atoms with van der Waals surface area (Å²) in [6, 6.07) is 17.5. The molecule has 3 rings (SSSR count). The third-order valence-corrected chi connectivity index (χ3v) is 5.37. The van der Waals surface area contributed by atoms with Crippen molar-refractivity contribution in [2.24, 2.45) is 5.92 Å². The molecule has 6 heteroatoms. The van der Waals surface area contributed by atoms with Crippen LogP contribution in [0.15, 0.2) is 54.6 Å². The van der Waals surface area contributed by atoms with E-state index >= 15 is 0 Å². The van der Waals surface area contributed by atoms with E-state index in [1.54, 1.807) is 0 Å². The van der Waals surface area contributed by atoms with Crippen LogP contribution in [0.4, 0.5) is 0 Å². The molecule has 138 valence electrons. The first-order valence-electron chi connectivity index (χ1n) is 8.82. The molecular formula is C20H24N2O3S. The molecule has 1 aliphatic heterocycles. The number of carbonyl (C=O) groups is 1. The van der Waals surface area contributed by atoms with Gasteiger partial charge >= 0.3 is 0 Å². The summed E-state index contributed by atoms with van der Waals surface area (Å²) in [7, 11) is -3.21. The summed E-state index contributed by atoms with van der Waals surface area (Å²) in [5, 5.41) is 0. The number of hydrogen-bond acceptors (Lipinski definition) is 3. The molecule has 1 aliphatic rings. The molecule has 1 N–H and O–H groups in total. The van der Waals surface area contributed by atoms with Crippen LogP contribution in [0, 0.1) is 5.92 Å². The number of carbonyl (C=O) groups excluding carboxylic acids is 1. The molecule has 1 atom stereocenters. The first kappa shape index (κ1) is 18.6. The Morgan fingerprint density at radius 1 is 1.12 bits per heavy atom. The number of nitrogens with one attached hydrogen (secondary N) is 1. The first-order chi connectivity index (χ1) is 12.4. The van der Waals surface area contributed by atoms with Gasteiger partial charge in [0, 0.05) is 25.2 Å². The Kier molecular flexibility index (Phi) is 5.74. The zero-order chi connectivity index (χ0) is 18.6. The minimum Gasteiger partial charge on any atom is -0.338 e. The standard InChI is InChI=1S/C20H24N2O3S/c1-26(24,25)21-14-16-8-7-13-22(15-16)20(23)19-12-6-5-11-18(19)17-9-3-2-4-10-17/h2-6,9-12,16,21H,7-8,13-15H2,1H3. The molecule has 1 saturated heterocycles. The zero-order valence-electron chi connectivity index (χ0n) is 14.9. The van der Waals surface area contributed by atoms with Crippen molar-refractivity contribution in [1.29, 1.82) is 0 Å². The molecule has 2 aromatic rings. The average Bonchev–Trinajstić information content (AvgIpc) is 2.66. The number of hydrogen-bond donors (Lipinski definition) is 1. The average molecular weight is 372 g/mol. The quantitative estimate of drug-likeness (QED) is 0.878. The lowest BCUT2D eigenvalue weighted by Crippen LogP contribution is -2.43. The molecule has 1 heterocycles. The van der Waals surface area contributed by atoms with E-state index in [0.717, 1.165) is 30.2 Å². The fourth-order valence-electron chi connectivity index (χ4n) is 3.39. The van der Waals surface area contributed by atoms with Crippen LogP contribution in [0.3, 0.4) is 0 Å². The maximum Gasteiger partial charge on any atom is 0.254 e. The highest BCUT2D eigenvalue weighted by molar-refractivity contribution is 7.88. The number of sulfonamides is 1. The molecule has 0 aromatic heterocycles. The summed E-state index contributed by atoms with van der Waals surface area (Å²) in [4.78, 5) is 15.0. The van der Waals surface area contributed by atoms with Gasteiger partial charge in [0.15, 0.2) is 0 Å². The van der Waals surface area contributed by atoms with Gasteiger partial charge in [0.1, 0.15) is 0 Å². The van der Waals surface area contributed by atoms with Crippen LogP contribution in [-0.2, 0) is 10.0 Å². The topological polar surface area (TPSA) is 66.5 Å². The molecule has 5 nitrogen and oxygen atoms in total. The van der Waals surface area contributed by atoms with Crippen molar-refractivity contribution in [2.45, 2.75) is 12.8 Å². The maximum absolute atomic E-state index is 13.1. The number of amides is 1. The molecular weight excluding hydrogens is 348 g/mol. The Morgan fingerprint density at radius 2 is 1.81 bits per heavy atom. The van der Waals surface area contributed by atoms with E-state index in [0.29, 0.717) is 25.2 Å². The molecule has 0 radical (unpaired) electrons. The highest BCUT2D eigenvalue weighted by Crippen LogP contribution is 2.26. The van der Waals surface area contributed by atoms with Crippen molar-refractivity contribution >= 4 is 15.9 Å². The predicted octanol–water partition coefficient (Wildman–Crippen LogP) is 2.76. The van der Waals surface area contributed by atoms with Crippen molar-refractivity contribution in [2.75, 3.05) is 25.9 Å². The van der Waals surface area contributed by atoms with Crippen molar-refractivity contribution in [3.63, 3.8) is 0 Å². The Bertz CT molecular complexity index is 866. The maximum atomic E-state index is 13.1. The molecule has 0 bridgehead atoms. The van der Waals surface area contributed by atoms with E-state index in [1.807, 2.05) is 59.5 Å². The number of rotatable bonds is 5. The van der Waals surface area contributed by atoms with Crippen LogP contribution in [0.2, 0.25) is 0 Å². The van der Waals surface area contributed by atoms with Gasteiger partial charge in [0.2, 0.25) is 10.0 Å². The molecule has 26 heavy (non-hydrogen) atoms. The van der Waals surface area contributed by atoms with Crippen LogP contribution in [-0.4, -0.2) is 45.1 Å². The molecule has 0 spiro atoms. The second kappa shape index (κ2) is 8.01. The van der Waals surface area contributed by atoms with Gasteiger partial charge in [-0.15, -0.1) is 0 Å². The normalized spacial score (nSPS) is 17.9. The van der Waals surface area contributed by atoms with E-state index < -0.39 is 10.0 Å². The van der Waals surface area contributed by atoms with E-state index in [1.165, 1.54) is 0 Å². The second-order valence-corrected chi connectivity index (χ2v) is 8.62. The molecule has 0 aliphatic carbocycles. The van der Waals surface area contributed by atoms with Crippen molar-refractivity contribution in [3.05, 3.63) is 60.2 Å². The van der Waals surface area contributed by atoms with Gasteiger partial charge < -0.3 is 4.90 Å². The third kappa shape index (κ3) is 4.71. The SMILES string of the molecule is CS(=O)(=O)NCC1CCCN(C(=O)c2ccccc2-c2ccccc2)C1. The van der Waals surface area contributed by atoms with Gasteiger partial charge in [-0.2, -0.15) is 0 Å². The van der Waals surface area contributed by atoms with Crippen LogP contribution >= 0.6 is 0 Å². The minimum absolute atomic E-state index is 0.00788. The summed E-state index contributed by atoms with van der Waals surface area (Å²) >= 11 is 0. The van der Waals surface area contributed by atoms with Gasteiger partial charge in [-0.1, -0.05) is 48.5 Å². The number of benzene rings is 2. The minimum atomic E-state index is -3.21. The Labute approximate surface area is 155 Å². The third-order valence-electron chi connectivity index (χ3n) is 4.68. The van der Waals surface area contributed by atoms with Gasteiger partial charge in [0.05, 0.1) is 6.26 Å². The molecule has 1 amide bonds. The summed E-state index contributed by atoms with van der Waals surface area (Å²) in [6.07, 6.45) is 2.97. The highest BCUT2D eigenvalue weighted by Gasteiger charge is 2.26. The Hall–Kier alpha value is -2.18. The van der Waals surface area contributed by atoms with Gasteiger partial charge in [-0.3, -0.25) is 4.79 Å². The molecule has 2 aromatic carbocycles.